The number of hydrogen-bond acceptors (Lipinski definition) is 4. The third-order valence-electron chi connectivity index (χ3n) is 2.95. The van der Waals surface area contributed by atoms with Crippen LogP contribution in [-0.2, 0) is 0 Å². The Kier molecular flexibility index (Phi) is 2.20. The SMILES string of the molecule is CC(c1cccnc1)c1nc(C2CC2)no1. The minimum Gasteiger partial charge on any atom is -0.339 e. The van der Waals surface area contributed by atoms with Crippen molar-refractivity contribution >= 4 is 0 Å². The molecule has 0 bridgehead atoms. The van der Waals surface area contributed by atoms with E-state index in [1.807, 2.05) is 18.3 Å². The first kappa shape index (κ1) is 9.51. The first-order valence-electron chi connectivity index (χ1n) is 5.58. The normalized spacial score (nSPS) is 17.3. The van der Waals surface area contributed by atoms with Crippen molar-refractivity contribution in [2.45, 2.75) is 31.6 Å². The van der Waals surface area contributed by atoms with Gasteiger partial charge in [0.25, 0.3) is 0 Å². The van der Waals surface area contributed by atoms with Gasteiger partial charge in [-0.2, -0.15) is 4.98 Å². The highest BCUT2D eigenvalue weighted by Gasteiger charge is 2.29. The number of hydrogen-bond donors (Lipinski definition) is 0. The minimum atomic E-state index is 0.119. The summed E-state index contributed by atoms with van der Waals surface area (Å²) in [4.78, 5) is 8.54. The highest BCUT2D eigenvalue weighted by molar-refractivity contribution is 5.20. The van der Waals surface area contributed by atoms with Crippen molar-refractivity contribution in [1.82, 2.24) is 15.1 Å². The zero-order valence-electron chi connectivity index (χ0n) is 9.13. The largest absolute Gasteiger partial charge is 0.339 e. The molecule has 1 fully saturated rings. The molecule has 16 heavy (non-hydrogen) atoms. The van der Waals surface area contributed by atoms with E-state index in [2.05, 4.69) is 22.0 Å². The van der Waals surface area contributed by atoms with Crippen LogP contribution in [0.3, 0.4) is 0 Å². The van der Waals surface area contributed by atoms with Gasteiger partial charge in [0, 0.05) is 18.3 Å². The summed E-state index contributed by atoms with van der Waals surface area (Å²) in [7, 11) is 0. The average Bonchev–Trinajstić information content (AvgIpc) is 3.08. The molecule has 2 heterocycles. The molecule has 1 atom stereocenters. The second-order valence-corrected chi connectivity index (χ2v) is 4.27. The molecular formula is C12H13N3O. The molecule has 0 aliphatic heterocycles. The van der Waals surface area contributed by atoms with Gasteiger partial charge in [0.15, 0.2) is 5.82 Å². The maximum atomic E-state index is 5.29. The zero-order valence-corrected chi connectivity index (χ0v) is 9.13. The third-order valence-corrected chi connectivity index (χ3v) is 2.95. The van der Waals surface area contributed by atoms with E-state index in [0.29, 0.717) is 11.8 Å². The summed E-state index contributed by atoms with van der Waals surface area (Å²) in [6.45, 7) is 2.06. The summed E-state index contributed by atoms with van der Waals surface area (Å²) in [5.74, 6) is 2.22. The predicted molar refractivity (Wildman–Crippen MR) is 58.0 cm³/mol. The van der Waals surface area contributed by atoms with Crippen LogP contribution < -0.4 is 0 Å². The lowest BCUT2D eigenvalue weighted by Gasteiger charge is -2.04. The van der Waals surface area contributed by atoms with Gasteiger partial charge in [0.05, 0.1) is 5.92 Å². The van der Waals surface area contributed by atoms with Crippen LogP contribution in [0.4, 0.5) is 0 Å². The second-order valence-electron chi connectivity index (χ2n) is 4.27. The fraction of sp³-hybridized carbons (Fsp3) is 0.417. The molecule has 1 unspecified atom stereocenters. The lowest BCUT2D eigenvalue weighted by Crippen LogP contribution is -1.97. The lowest BCUT2D eigenvalue weighted by molar-refractivity contribution is 0.365. The van der Waals surface area contributed by atoms with Crippen LogP contribution in [0.25, 0.3) is 0 Å². The van der Waals surface area contributed by atoms with Gasteiger partial charge in [-0.1, -0.05) is 11.2 Å². The van der Waals surface area contributed by atoms with E-state index in [0.717, 1.165) is 11.4 Å². The van der Waals surface area contributed by atoms with Crippen molar-refractivity contribution < 1.29 is 4.52 Å². The maximum absolute atomic E-state index is 5.29. The van der Waals surface area contributed by atoms with Crippen molar-refractivity contribution in [3.8, 4) is 0 Å². The molecule has 1 saturated carbocycles. The molecule has 0 amide bonds. The Labute approximate surface area is 93.7 Å². The molecule has 4 heteroatoms. The van der Waals surface area contributed by atoms with Gasteiger partial charge < -0.3 is 4.52 Å². The van der Waals surface area contributed by atoms with E-state index in [9.17, 15) is 0 Å². The van der Waals surface area contributed by atoms with Gasteiger partial charge in [-0.25, -0.2) is 0 Å². The van der Waals surface area contributed by atoms with E-state index in [1.165, 1.54) is 12.8 Å². The zero-order chi connectivity index (χ0) is 11.0. The molecule has 0 saturated heterocycles. The molecule has 3 rings (SSSR count). The Morgan fingerprint density at radius 1 is 1.44 bits per heavy atom. The minimum absolute atomic E-state index is 0.119. The first-order chi connectivity index (χ1) is 7.84. The van der Waals surface area contributed by atoms with Crippen LogP contribution in [0.2, 0.25) is 0 Å². The highest BCUT2D eigenvalue weighted by Crippen LogP contribution is 2.38. The van der Waals surface area contributed by atoms with Gasteiger partial charge in [-0.15, -0.1) is 0 Å². The van der Waals surface area contributed by atoms with E-state index in [4.69, 9.17) is 4.52 Å². The van der Waals surface area contributed by atoms with Gasteiger partial charge in [-0.05, 0) is 31.4 Å². The maximum Gasteiger partial charge on any atom is 0.233 e. The lowest BCUT2D eigenvalue weighted by atomic mass is 10.0. The second kappa shape index (κ2) is 3.70. The fourth-order valence-corrected chi connectivity index (χ4v) is 1.71. The Morgan fingerprint density at radius 2 is 2.31 bits per heavy atom. The average molecular weight is 215 g/mol. The van der Waals surface area contributed by atoms with Crippen LogP contribution in [-0.4, -0.2) is 15.1 Å². The topological polar surface area (TPSA) is 51.8 Å². The Hall–Kier alpha value is -1.71. The standard InChI is InChI=1S/C12H13N3O/c1-8(10-3-2-6-13-7-10)12-14-11(15-16-12)9-4-5-9/h2-3,6-9H,4-5H2,1H3. The van der Waals surface area contributed by atoms with Crippen LogP contribution in [0, 0.1) is 0 Å². The van der Waals surface area contributed by atoms with E-state index < -0.39 is 0 Å². The molecule has 0 N–H and O–H groups in total. The van der Waals surface area contributed by atoms with Gasteiger partial charge in [0.1, 0.15) is 0 Å². The van der Waals surface area contributed by atoms with Crippen LogP contribution >= 0.6 is 0 Å². The molecule has 82 valence electrons. The van der Waals surface area contributed by atoms with E-state index >= 15 is 0 Å². The quantitative estimate of drug-likeness (QED) is 0.789. The monoisotopic (exact) mass is 215 g/mol. The molecule has 1 aliphatic rings. The van der Waals surface area contributed by atoms with Crippen molar-refractivity contribution in [2.75, 3.05) is 0 Å². The third kappa shape index (κ3) is 1.71. The first-order valence-corrected chi connectivity index (χ1v) is 5.58. The Balaban J connectivity index is 1.85. The molecule has 1 aliphatic carbocycles. The van der Waals surface area contributed by atoms with Gasteiger partial charge in [-0.3, -0.25) is 4.98 Å². The molecule has 2 aromatic heterocycles. The molecule has 2 aromatic rings. The number of aromatic nitrogens is 3. The summed E-state index contributed by atoms with van der Waals surface area (Å²) in [6.07, 6.45) is 5.99. The molecular weight excluding hydrogens is 202 g/mol. The van der Waals surface area contributed by atoms with E-state index in [1.54, 1.807) is 6.20 Å². The molecule has 0 radical (unpaired) electrons. The highest BCUT2D eigenvalue weighted by atomic mass is 16.5. The smallest absolute Gasteiger partial charge is 0.233 e. The van der Waals surface area contributed by atoms with E-state index in [-0.39, 0.29) is 5.92 Å². The number of pyridine rings is 1. The Bertz CT molecular complexity index is 476. The Morgan fingerprint density at radius 3 is 3.00 bits per heavy atom. The van der Waals surface area contributed by atoms with Crippen LogP contribution in [0.1, 0.15) is 48.9 Å². The summed E-state index contributed by atoms with van der Waals surface area (Å²) in [6, 6.07) is 3.95. The van der Waals surface area contributed by atoms with Crippen molar-refractivity contribution in [3.63, 3.8) is 0 Å². The van der Waals surface area contributed by atoms with Crippen molar-refractivity contribution in [3.05, 3.63) is 41.8 Å². The summed E-state index contributed by atoms with van der Waals surface area (Å²) in [5, 5.41) is 4.02. The van der Waals surface area contributed by atoms with Crippen LogP contribution in [0.5, 0.6) is 0 Å². The summed E-state index contributed by atoms with van der Waals surface area (Å²) in [5.41, 5.74) is 1.11. The van der Waals surface area contributed by atoms with Crippen molar-refractivity contribution in [2.24, 2.45) is 0 Å². The molecule has 4 nitrogen and oxygen atoms in total. The summed E-state index contributed by atoms with van der Waals surface area (Å²) < 4.78 is 5.29. The molecule has 0 aromatic carbocycles. The predicted octanol–water partition coefficient (Wildman–Crippen LogP) is 2.49. The molecule has 0 spiro atoms. The van der Waals surface area contributed by atoms with Crippen LogP contribution in [0.15, 0.2) is 29.0 Å². The van der Waals surface area contributed by atoms with Gasteiger partial charge >= 0.3 is 0 Å². The van der Waals surface area contributed by atoms with Crippen molar-refractivity contribution in [1.29, 1.82) is 0 Å². The number of rotatable bonds is 3. The fourth-order valence-electron chi connectivity index (χ4n) is 1.71. The summed E-state index contributed by atoms with van der Waals surface area (Å²) >= 11 is 0. The van der Waals surface area contributed by atoms with Gasteiger partial charge in [0.2, 0.25) is 5.89 Å². The number of nitrogens with zero attached hydrogens (tertiary/aromatic N) is 3.